The lowest BCUT2D eigenvalue weighted by atomic mass is 10.0. The maximum atomic E-state index is 14.6. The van der Waals surface area contributed by atoms with Crippen molar-refractivity contribution >= 4 is 34.5 Å². The van der Waals surface area contributed by atoms with Crippen molar-refractivity contribution < 1.29 is 24.3 Å². The molecule has 2 aromatic carbocycles. The Kier molecular flexibility index (Phi) is 10.4. The number of nitrogens with one attached hydrogen (secondary N) is 1. The van der Waals surface area contributed by atoms with Crippen molar-refractivity contribution in [2.24, 2.45) is 17.4 Å². The average Bonchev–Trinajstić information content (AvgIpc) is 3.63. The molecule has 1 unspecified atom stereocenters. The highest BCUT2D eigenvalue weighted by Crippen LogP contribution is 2.44. The standard InChI is InChI=1S/C36H46N6O5/c1-36(2,3)40-32(45)29-20-24-13-9-15-28(24)41(29)33(30(43)19-16-22-10-5-4-6-11-22)42(34(46)25(37)21-31(38)44)35(47)27-18-17-23-12-7-8-14-26(23)39-27/h4-8,10-12,14,17-18,24-25,28-30,33,43H,9,13,15-16,19-21,37H2,1-3H3,(H2,38,44)(H,40,45)/t24-,25-,28-,29-,30+,33?/m0/s1. The van der Waals surface area contributed by atoms with Crippen LogP contribution >= 0.6 is 0 Å². The number of aliphatic hydroxyl groups excluding tert-OH is 1. The number of aromatic nitrogens is 1. The number of aryl methyl sites for hydroxylation is 1. The van der Waals surface area contributed by atoms with Crippen LogP contribution in [0.5, 0.6) is 0 Å². The summed E-state index contributed by atoms with van der Waals surface area (Å²) in [6.07, 6.45) is 0.671. The third-order valence-electron chi connectivity index (χ3n) is 9.19. The van der Waals surface area contributed by atoms with Gasteiger partial charge in [0, 0.05) is 17.0 Å². The zero-order chi connectivity index (χ0) is 33.9. The number of fused-ring (bicyclic) bond motifs is 2. The van der Waals surface area contributed by atoms with E-state index in [2.05, 4.69) is 10.3 Å². The maximum Gasteiger partial charge on any atom is 0.280 e. The van der Waals surface area contributed by atoms with E-state index >= 15 is 0 Å². The van der Waals surface area contributed by atoms with Gasteiger partial charge in [-0.1, -0.05) is 61.0 Å². The van der Waals surface area contributed by atoms with Crippen molar-refractivity contribution in [2.75, 3.05) is 0 Å². The van der Waals surface area contributed by atoms with Crippen molar-refractivity contribution in [1.29, 1.82) is 0 Å². The van der Waals surface area contributed by atoms with E-state index in [9.17, 15) is 24.3 Å². The minimum Gasteiger partial charge on any atom is -0.390 e. The Labute approximate surface area is 275 Å². The third kappa shape index (κ3) is 7.86. The highest BCUT2D eigenvalue weighted by atomic mass is 16.3. The fourth-order valence-electron chi connectivity index (χ4n) is 7.15. The Morgan fingerprint density at radius 1 is 1.02 bits per heavy atom. The molecule has 2 fully saturated rings. The number of para-hydroxylation sites is 1. The normalized spacial score (nSPS) is 21.5. The monoisotopic (exact) mass is 642 g/mol. The fraction of sp³-hybridized carbons (Fsp3) is 0.472. The van der Waals surface area contributed by atoms with Gasteiger partial charge in [0.05, 0.1) is 30.1 Å². The van der Waals surface area contributed by atoms with Gasteiger partial charge in [0.15, 0.2) is 0 Å². The van der Waals surface area contributed by atoms with Crippen LogP contribution < -0.4 is 16.8 Å². The van der Waals surface area contributed by atoms with E-state index in [1.54, 1.807) is 18.2 Å². The number of likely N-dealkylation sites (tertiary alicyclic amines) is 1. The van der Waals surface area contributed by atoms with E-state index in [1.807, 2.05) is 68.1 Å². The molecule has 0 radical (unpaired) electrons. The van der Waals surface area contributed by atoms with Crippen LogP contribution in [0.15, 0.2) is 66.7 Å². The van der Waals surface area contributed by atoms with Crippen LogP contribution in [0.2, 0.25) is 0 Å². The predicted molar refractivity (Wildman–Crippen MR) is 179 cm³/mol. The lowest BCUT2D eigenvalue weighted by molar-refractivity contribution is -0.148. The van der Waals surface area contributed by atoms with Crippen LogP contribution in [0.4, 0.5) is 0 Å². The van der Waals surface area contributed by atoms with Crippen LogP contribution in [0.3, 0.4) is 0 Å². The second-order valence-electron chi connectivity index (χ2n) is 13.9. The topological polar surface area (TPSA) is 172 Å². The summed E-state index contributed by atoms with van der Waals surface area (Å²) in [4.78, 5) is 62.2. The summed E-state index contributed by atoms with van der Waals surface area (Å²) in [5, 5.41) is 16.0. The number of rotatable bonds is 11. The number of pyridine rings is 1. The number of amides is 4. The number of primary amides is 1. The van der Waals surface area contributed by atoms with Gasteiger partial charge in [-0.25, -0.2) is 4.98 Å². The number of benzene rings is 2. The third-order valence-corrected chi connectivity index (χ3v) is 9.19. The molecular weight excluding hydrogens is 596 g/mol. The summed E-state index contributed by atoms with van der Waals surface area (Å²) in [5.74, 6) is -2.55. The van der Waals surface area contributed by atoms with Gasteiger partial charge in [-0.05, 0) is 76.5 Å². The molecule has 1 aromatic heterocycles. The highest BCUT2D eigenvalue weighted by Gasteiger charge is 2.54. The number of nitrogens with two attached hydrogens (primary N) is 2. The molecule has 2 heterocycles. The summed E-state index contributed by atoms with van der Waals surface area (Å²) in [5.41, 5.74) is 12.7. The lowest BCUT2D eigenvalue weighted by Gasteiger charge is -2.45. The molecule has 1 saturated carbocycles. The second-order valence-corrected chi connectivity index (χ2v) is 13.9. The van der Waals surface area contributed by atoms with Gasteiger partial charge >= 0.3 is 0 Å². The molecule has 1 saturated heterocycles. The Hall–Kier alpha value is -4.19. The summed E-state index contributed by atoms with van der Waals surface area (Å²) in [7, 11) is 0. The Morgan fingerprint density at radius 3 is 2.43 bits per heavy atom. The lowest BCUT2D eigenvalue weighted by Crippen LogP contribution is -2.66. The van der Waals surface area contributed by atoms with E-state index in [1.165, 1.54) is 6.07 Å². The van der Waals surface area contributed by atoms with Crippen molar-refractivity contribution in [3.8, 4) is 0 Å². The van der Waals surface area contributed by atoms with E-state index in [0.29, 0.717) is 18.4 Å². The molecule has 11 heteroatoms. The van der Waals surface area contributed by atoms with Gasteiger partial charge in [-0.2, -0.15) is 0 Å². The van der Waals surface area contributed by atoms with E-state index < -0.39 is 54.0 Å². The highest BCUT2D eigenvalue weighted by molar-refractivity contribution is 6.07. The molecule has 6 N–H and O–H groups in total. The van der Waals surface area contributed by atoms with Gasteiger partial charge in [0.25, 0.3) is 5.91 Å². The van der Waals surface area contributed by atoms with Crippen LogP contribution in [-0.2, 0) is 20.8 Å². The van der Waals surface area contributed by atoms with Crippen LogP contribution in [0.1, 0.15) is 75.3 Å². The van der Waals surface area contributed by atoms with E-state index in [0.717, 1.165) is 35.1 Å². The molecule has 0 bridgehead atoms. The number of nitrogens with zero attached hydrogens (tertiary/aromatic N) is 3. The maximum absolute atomic E-state index is 14.6. The number of imide groups is 1. The molecule has 47 heavy (non-hydrogen) atoms. The quantitative estimate of drug-likeness (QED) is 0.247. The summed E-state index contributed by atoms with van der Waals surface area (Å²) in [6.45, 7) is 5.68. The van der Waals surface area contributed by atoms with Crippen molar-refractivity contribution in [2.45, 2.75) is 102 Å². The molecule has 2 aliphatic rings. The molecule has 4 amide bonds. The molecule has 250 valence electrons. The van der Waals surface area contributed by atoms with Crippen LogP contribution in [-0.4, -0.2) is 79.5 Å². The van der Waals surface area contributed by atoms with Crippen molar-refractivity contribution in [1.82, 2.24) is 20.1 Å². The van der Waals surface area contributed by atoms with E-state index in [-0.39, 0.29) is 30.0 Å². The molecule has 5 rings (SSSR count). The summed E-state index contributed by atoms with van der Waals surface area (Å²) >= 11 is 0. The van der Waals surface area contributed by atoms with Crippen molar-refractivity contribution in [3.63, 3.8) is 0 Å². The number of aliphatic hydroxyl groups is 1. The van der Waals surface area contributed by atoms with Gasteiger partial charge in [0.2, 0.25) is 17.7 Å². The van der Waals surface area contributed by atoms with Crippen LogP contribution in [0, 0.1) is 5.92 Å². The predicted octanol–water partition coefficient (Wildman–Crippen LogP) is 2.88. The molecule has 3 aromatic rings. The summed E-state index contributed by atoms with van der Waals surface area (Å²) in [6, 6.07) is 17.8. The Bertz CT molecular complexity index is 1610. The zero-order valence-electron chi connectivity index (χ0n) is 27.3. The zero-order valence-corrected chi connectivity index (χ0v) is 27.3. The molecule has 6 atom stereocenters. The minimum atomic E-state index is -1.45. The van der Waals surface area contributed by atoms with Gasteiger partial charge in [-0.15, -0.1) is 0 Å². The molecule has 11 nitrogen and oxygen atoms in total. The molecule has 1 aliphatic carbocycles. The van der Waals surface area contributed by atoms with Gasteiger partial charge < -0.3 is 21.9 Å². The van der Waals surface area contributed by atoms with Gasteiger partial charge in [-0.3, -0.25) is 29.0 Å². The van der Waals surface area contributed by atoms with Gasteiger partial charge in [0.1, 0.15) is 11.9 Å². The number of hydrogen-bond donors (Lipinski definition) is 4. The molecule has 0 spiro atoms. The Morgan fingerprint density at radius 2 is 1.72 bits per heavy atom. The smallest absolute Gasteiger partial charge is 0.280 e. The van der Waals surface area contributed by atoms with Crippen molar-refractivity contribution in [3.05, 3.63) is 78.0 Å². The first-order valence-electron chi connectivity index (χ1n) is 16.4. The first-order chi connectivity index (χ1) is 22.3. The number of carbonyl (C=O) groups is 4. The summed E-state index contributed by atoms with van der Waals surface area (Å²) < 4.78 is 0. The first-order valence-corrected chi connectivity index (χ1v) is 16.4. The van der Waals surface area contributed by atoms with E-state index in [4.69, 9.17) is 11.5 Å². The fourth-order valence-corrected chi connectivity index (χ4v) is 7.15. The SMILES string of the molecule is CC(C)(C)NC(=O)[C@@H]1C[C@@H]2CCC[C@@H]2N1C([C@H](O)CCc1ccccc1)N(C(=O)c1ccc2ccccc2n1)C(=O)[C@@H](N)CC(N)=O. The average molecular weight is 643 g/mol. The second kappa shape index (κ2) is 14.3. The minimum absolute atomic E-state index is 0.0264. The molecular formula is C36H46N6O5. The Balaban J connectivity index is 1.63. The largest absolute Gasteiger partial charge is 0.390 e. The number of carbonyl (C=O) groups excluding carboxylic acids is 4. The first kappa shape index (κ1) is 34.2. The molecule has 1 aliphatic heterocycles. The number of hydrogen-bond acceptors (Lipinski definition) is 8. The van der Waals surface area contributed by atoms with Crippen LogP contribution in [0.25, 0.3) is 10.9 Å².